The van der Waals surface area contributed by atoms with Crippen LogP contribution in [0.15, 0.2) is 24.3 Å². The number of methoxy groups -OCH3 is 1. The van der Waals surface area contributed by atoms with Gasteiger partial charge in [0.05, 0.1) is 18.6 Å². The molecule has 0 bridgehead atoms. The number of hydrogen-bond donors (Lipinski definition) is 2. The Bertz CT molecular complexity index is 1120. The molecule has 0 aliphatic carbocycles. The smallest absolute Gasteiger partial charge is 0.407 e. The van der Waals surface area contributed by atoms with Gasteiger partial charge in [0.15, 0.2) is 0 Å². The van der Waals surface area contributed by atoms with Crippen LogP contribution in [0.5, 0.6) is 0 Å². The van der Waals surface area contributed by atoms with Gasteiger partial charge in [0.25, 0.3) is 0 Å². The van der Waals surface area contributed by atoms with E-state index in [0.717, 1.165) is 5.56 Å². The minimum atomic E-state index is -1.02. The highest BCUT2D eigenvalue weighted by Crippen LogP contribution is 2.46. The van der Waals surface area contributed by atoms with Gasteiger partial charge in [0, 0.05) is 25.7 Å². The van der Waals surface area contributed by atoms with Crippen LogP contribution in [-0.2, 0) is 24.5 Å². The number of rotatable bonds is 6. The number of amides is 4. The second-order valence-corrected chi connectivity index (χ2v) is 11.4. The average Bonchev–Trinajstić information content (AvgIpc) is 3.37. The van der Waals surface area contributed by atoms with Crippen molar-refractivity contribution < 1.29 is 23.9 Å². The van der Waals surface area contributed by atoms with E-state index >= 15 is 0 Å². The van der Waals surface area contributed by atoms with Crippen LogP contribution in [0.25, 0.3) is 0 Å². The first-order chi connectivity index (χ1) is 17.3. The molecule has 3 rings (SSSR count). The van der Waals surface area contributed by atoms with Gasteiger partial charge in [-0.25, -0.2) is 4.79 Å². The van der Waals surface area contributed by atoms with Crippen molar-refractivity contribution in [1.29, 1.82) is 5.26 Å². The van der Waals surface area contributed by atoms with Crippen LogP contribution < -0.4 is 10.6 Å². The number of nitrogens with zero attached hydrogens (tertiary/aromatic N) is 3. The molecule has 10 heteroatoms. The van der Waals surface area contributed by atoms with Gasteiger partial charge in [0.2, 0.25) is 17.7 Å². The number of alkyl carbamates (subject to hydrolysis) is 1. The van der Waals surface area contributed by atoms with Gasteiger partial charge < -0.3 is 25.2 Å². The Balaban J connectivity index is 1.95. The van der Waals surface area contributed by atoms with E-state index in [1.807, 2.05) is 58.9 Å². The van der Waals surface area contributed by atoms with E-state index in [1.165, 1.54) is 24.0 Å². The molecule has 4 atom stereocenters. The Labute approximate surface area is 218 Å². The molecule has 4 amide bonds. The molecule has 1 saturated heterocycles. The lowest BCUT2D eigenvalue weighted by molar-refractivity contribution is -0.147. The van der Waals surface area contributed by atoms with Gasteiger partial charge in [-0.15, -0.1) is 0 Å². The average molecular weight is 512 g/mol. The molecule has 0 radical (unpaired) electrons. The normalized spacial score (nSPS) is 22.2. The summed E-state index contributed by atoms with van der Waals surface area (Å²) >= 11 is 0. The molecule has 2 aliphatic rings. The van der Waals surface area contributed by atoms with Crippen LogP contribution in [0, 0.1) is 22.7 Å². The molecular weight excluding hydrogens is 474 g/mol. The highest BCUT2D eigenvalue weighted by molar-refractivity contribution is 6.07. The molecule has 1 spiro atoms. The first-order valence-corrected chi connectivity index (χ1v) is 12.5. The van der Waals surface area contributed by atoms with Crippen molar-refractivity contribution in [3.63, 3.8) is 0 Å². The van der Waals surface area contributed by atoms with Gasteiger partial charge in [-0.2, -0.15) is 5.26 Å². The highest BCUT2D eigenvalue weighted by atomic mass is 16.5. The molecular formula is C27H37N5O5. The summed E-state index contributed by atoms with van der Waals surface area (Å²) in [6.07, 6.45) is -0.218. The number of likely N-dealkylation sites (tertiary alicyclic amines) is 1. The van der Waals surface area contributed by atoms with E-state index in [1.54, 1.807) is 0 Å². The first kappa shape index (κ1) is 28.0. The number of carbonyl (C=O) groups excluding carboxylic acids is 4. The highest BCUT2D eigenvalue weighted by Gasteiger charge is 2.56. The maximum atomic E-state index is 14.0. The summed E-state index contributed by atoms with van der Waals surface area (Å²) < 4.78 is 4.71. The summed E-state index contributed by atoms with van der Waals surface area (Å²) in [6.45, 7) is 9.37. The molecule has 0 aromatic heterocycles. The summed E-state index contributed by atoms with van der Waals surface area (Å²) in [5.41, 5.74) is -0.219. The van der Waals surface area contributed by atoms with Crippen molar-refractivity contribution in [2.45, 2.75) is 71.0 Å². The van der Waals surface area contributed by atoms with Crippen LogP contribution in [0.2, 0.25) is 0 Å². The number of para-hydroxylation sites is 1. The molecule has 1 aromatic carbocycles. The molecule has 1 fully saturated rings. The third kappa shape index (κ3) is 5.26. The minimum Gasteiger partial charge on any atom is -0.453 e. The lowest BCUT2D eigenvalue weighted by Gasteiger charge is -2.38. The molecule has 37 heavy (non-hydrogen) atoms. The first-order valence-electron chi connectivity index (χ1n) is 12.5. The third-order valence-electron chi connectivity index (χ3n) is 7.27. The fraction of sp³-hybridized carbons (Fsp3) is 0.593. The van der Waals surface area contributed by atoms with Crippen molar-refractivity contribution in [2.75, 3.05) is 26.0 Å². The number of nitrogens with one attached hydrogen (secondary N) is 2. The second kappa shape index (κ2) is 10.4. The Morgan fingerprint density at radius 1 is 1.30 bits per heavy atom. The molecule has 2 heterocycles. The number of carbonyl (C=O) groups is 4. The van der Waals surface area contributed by atoms with Gasteiger partial charge in [-0.3, -0.25) is 14.4 Å². The Morgan fingerprint density at radius 3 is 2.51 bits per heavy atom. The van der Waals surface area contributed by atoms with Gasteiger partial charge in [-0.05, 0) is 29.4 Å². The number of benzene rings is 1. The Morgan fingerprint density at radius 2 is 1.95 bits per heavy atom. The zero-order valence-electron chi connectivity index (χ0n) is 22.6. The zero-order valence-corrected chi connectivity index (χ0v) is 22.6. The monoisotopic (exact) mass is 511 g/mol. The van der Waals surface area contributed by atoms with Gasteiger partial charge in [0.1, 0.15) is 18.1 Å². The largest absolute Gasteiger partial charge is 0.453 e. The molecule has 0 unspecified atom stereocenters. The fourth-order valence-electron chi connectivity index (χ4n) is 5.23. The third-order valence-corrected chi connectivity index (χ3v) is 7.27. The molecule has 0 saturated carbocycles. The summed E-state index contributed by atoms with van der Waals surface area (Å²) in [7, 11) is 2.76. The number of ether oxygens (including phenoxy) is 1. The number of likely N-dealkylation sites (N-methyl/N-ethyl adjacent to an activating group) is 1. The topological polar surface area (TPSA) is 132 Å². The molecule has 200 valence electrons. The number of fused-ring (bicyclic) bond motifs is 2. The van der Waals surface area contributed by atoms with Crippen LogP contribution in [0.1, 0.15) is 53.0 Å². The SMILES string of the molecule is COC(=O)N[C@H](C(=O)N(C)[C@@H](CC(C)C)C(=O)N1C[C@]2(C[C@H]1C#N)C(=O)Nc1ccccc12)C(C)(C)C. The zero-order chi connectivity index (χ0) is 27.7. The fourth-order valence-corrected chi connectivity index (χ4v) is 5.23. The van der Waals surface area contributed by atoms with Crippen LogP contribution in [-0.4, -0.2) is 72.4 Å². The summed E-state index contributed by atoms with van der Waals surface area (Å²) in [5, 5.41) is 15.5. The van der Waals surface area contributed by atoms with E-state index < -0.39 is 46.9 Å². The van der Waals surface area contributed by atoms with E-state index in [-0.39, 0.29) is 24.8 Å². The van der Waals surface area contributed by atoms with Crippen LogP contribution in [0.3, 0.4) is 0 Å². The van der Waals surface area contributed by atoms with Crippen molar-refractivity contribution >= 4 is 29.5 Å². The molecule has 2 N–H and O–H groups in total. The van der Waals surface area contributed by atoms with Gasteiger partial charge >= 0.3 is 6.09 Å². The van der Waals surface area contributed by atoms with Crippen molar-refractivity contribution in [1.82, 2.24) is 15.1 Å². The van der Waals surface area contributed by atoms with E-state index in [9.17, 15) is 24.4 Å². The van der Waals surface area contributed by atoms with Crippen molar-refractivity contribution in [2.24, 2.45) is 11.3 Å². The Hall–Kier alpha value is -3.61. The van der Waals surface area contributed by atoms with E-state index in [2.05, 4.69) is 16.7 Å². The van der Waals surface area contributed by atoms with E-state index in [0.29, 0.717) is 12.1 Å². The lowest BCUT2D eigenvalue weighted by atomic mass is 9.80. The van der Waals surface area contributed by atoms with Crippen LogP contribution in [0.4, 0.5) is 10.5 Å². The molecule has 1 aromatic rings. The quantitative estimate of drug-likeness (QED) is 0.604. The van der Waals surface area contributed by atoms with E-state index in [4.69, 9.17) is 4.74 Å². The number of anilines is 1. The second-order valence-electron chi connectivity index (χ2n) is 11.4. The summed E-state index contributed by atoms with van der Waals surface area (Å²) in [6, 6.07) is 6.86. The standard InChI is InChI=1S/C27H37N5O5/c1-16(2)12-20(31(6)23(34)21(26(3,4)5)30-25(36)37-7)22(33)32-15-27(13-17(32)14-28)18-10-8-9-11-19(18)29-24(27)35/h8-11,16-17,20-21H,12-13,15H2,1-7H3,(H,29,35)(H,30,36)/t17-,20-,21+,27-/m0/s1. The molecule has 2 aliphatic heterocycles. The van der Waals surface area contributed by atoms with Gasteiger partial charge in [-0.1, -0.05) is 52.8 Å². The van der Waals surface area contributed by atoms with Crippen molar-refractivity contribution in [3.05, 3.63) is 29.8 Å². The predicted octanol–water partition coefficient (Wildman–Crippen LogP) is 2.64. The summed E-state index contributed by atoms with van der Waals surface area (Å²) in [5.74, 6) is -1.01. The maximum absolute atomic E-state index is 14.0. The van der Waals surface area contributed by atoms with Crippen LogP contribution >= 0.6 is 0 Å². The number of hydrogen-bond acceptors (Lipinski definition) is 6. The van der Waals surface area contributed by atoms with Crippen molar-refractivity contribution in [3.8, 4) is 6.07 Å². The molecule has 10 nitrogen and oxygen atoms in total. The lowest BCUT2D eigenvalue weighted by Crippen LogP contribution is -2.59. The Kier molecular flexibility index (Phi) is 7.86. The summed E-state index contributed by atoms with van der Waals surface area (Å²) in [4.78, 5) is 55.6. The minimum absolute atomic E-state index is 0.0483. The predicted molar refractivity (Wildman–Crippen MR) is 137 cm³/mol. The maximum Gasteiger partial charge on any atom is 0.407 e. The number of nitriles is 1.